The molecule has 1 aromatic heterocycles. The molecule has 1 aliphatic rings. The van der Waals surface area contributed by atoms with E-state index in [-0.39, 0.29) is 11.8 Å². The lowest BCUT2D eigenvalue weighted by Crippen LogP contribution is -2.26. The predicted molar refractivity (Wildman–Crippen MR) is 96.9 cm³/mol. The fraction of sp³-hybridized carbons (Fsp3) is 0.176. The van der Waals surface area contributed by atoms with Gasteiger partial charge in [0, 0.05) is 23.3 Å². The van der Waals surface area contributed by atoms with E-state index in [9.17, 15) is 9.59 Å². The van der Waals surface area contributed by atoms with Crippen LogP contribution in [0.25, 0.3) is 0 Å². The van der Waals surface area contributed by atoms with Crippen LogP contribution in [0.3, 0.4) is 0 Å². The van der Waals surface area contributed by atoms with Crippen LogP contribution in [0.15, 0.2) is 63.0 Å². The lowest BCUT2D eigenvalue weighted by atomic mass is 10.3. The Labute approximate surface area is 148 Å². The molecular weight excluding hydrogens is 344 g/mol. The van der Waals surface area contributed by atoms with Crippen LogP contribution < -0.4 is 10.6 Å². The maximum atomic E-state index is 12.0. The standard InChI is InChI=1S/C17H16N2O3S2/c20-16(18-7-9-23-11-12-4-3-8-22-12)10-15-17(21)19-13-5-1-2-6-14(13)24-15/h1-6,8,10H,7,9,11H2,(H,18,20)(H,19,21)/b15-10+. The van der Waals surface area contributed by atoms with Crippen molar-refractivity contribution in [3.8, 4) is 0 Å². The number of nitrogens with one attached hydrogen (secondary N) is 2. The zero-order valence-corrected chi connectivity index (χ0v) is 14.4. The molecule has 0 saturated carbocycles. The van der Waals surface area contributed by atoms with Gasteiger partial charge in [0.15, 0.2) is 0 Å². The number of furan rings is 1. The number of fused-ring (bicyclic) bond motifs is 1. The third-order valence-corrected chi connectivity index (χ3v) is 5.29. The van der Waals surface area contributed by atoms with Crippen molar-refractivity contribution < 1.29 is 14.0 Å². The molecule has 124 valence electrons. The van der Waals surface area contributed by atoms with Gasteiger partial charge in [-0.1, -0.05) is 23.9 Å². The molecule has 0 radical (unpaired) electrons. The highest BCUT2D eigenvalue weighted by molar-refractivity contribution is 8.04. The van der Waals surface area contributed by atoms with Crippen LogP contribution in [0, 0.1) is 0 Å². The van der Waals surface area contributed by atoms with Crippen LogP contribution in [-0.4, -0.2) is 24.1 Å². The Morgan fingerprint density at radius 2 is 2.17 bits per heavy atom. The summed E-state index contributed by atoms with van der Waals surface area (Å²) in [5, 5.41) is 5.58. The number of rotatable bonds is 6. The fourth-order valence-electron chi connectivity index (χ4n) is 2.09. The van der Waals surface area contributed by atoms with E-state index in [0.717, 1.165) is 27.8 Å². The molecule has 1 aliphatic heterocycles. The van der Waals surface area contributed by atoms with Crippen molar-refractivity contribution in [2.45, 2.75) is 10.6 Å². The monoisotopic (exact) mass is 360 g/mol. The van der Waals surface area contributed by atoms with Crippen molar-refractivity contribution in [1.82, 2.24) is 5.32 Å². The van der Waals surface area contributed by atoms with E-state index in [0.29, 0.717) is 11.4 Å². The number of hydrogen-bond donors (Lipinski definition) is 2. The number of carbonyl (C=O) groups excluding carboxylic acids is 2. The van der Waals surface area contributed by atoms with Crippen molar-refractivity contribution in [2.75, 3.05) is 17.6 Å². The maximum Gasteiger partial charge on any atom is 0.262 e. The summed E-state index contributed by atoms with van der Waals surface area (Å²) in [6.45, 7) is 0.539. The maximum absolute atomic E-state index is 12.0. The summed E-state index contributed by atoms with van der Waals surface area (Å²) in [6, 6.07) is 11.3. The van der Waals surface area contributed by atoms with Gasteiger partial charge >= 0.3 is 0 Å². The number of carbonyl (C=O) groups is 2. The third-order valence-electron chi connectivity index (χ3n) is 3.21. The lowest BCUT2D eigenvalue weighted by Gasteiger charge is -2.17. The van der Waals surface area contributed by atoms with E-state index in [1.54, 1.807) is 18.0 Å². The minimum Gasteiger partial charge on any atom is -0.468 e. The molecule has 3 rings (SSSR count). The average Bonchev–Trinajstić information content (AvgIpc) is 3.08. The van der Waals surface area contributed by atoms with Gasteiger partial charge in [-0.2, -0.15) is 11.8 Å². The van der Waals surface area contributed by atoms with Gasteiger partial charge in [0.05, 0.1) is 22.6 Å². The minimum absolute atomic E-state index is 0.249. The minimum atomic E-state index is -0.259. The zero-order valence-electron chi connectivity index (χ0n) is 12.8. The van der Waals surface area contributed by atoms with Gasteiger partial charge in [-0.15, -0.1) is 0 Å². The zero-order chi connectivity index (χ0) is 16.8. The number of amides is 2. The normalized spacial score (nSPS) is 15.0. The number of para-hydroxylation sites is 1. The van der Waals surface area contributed by atoms with Crippen LogP contribution >= 0.6 is 23.5 Å². The predicted octanol–water partition coefficient (Wildman–Crippen LogP) is 3.26. The van der Waals surface area contributed by atoms with E-state index < -0.39 is 0 Å². The summed E-state index contributed by atoms with van der Waals surface area (Å²) in [5.74, 6) is 1.96. The highest BCUT2D eigenvalue weighted by atomic mass is 32.2. The molecule has 0 spiro atoms. The Morgan fingerprint density at radius 1 is 1.29 bits per heavy atom. The molecule has 0 unspecified atom stereocenters. The summed E-state index contributed by atoms with van der Waals surface area (Å²) in [5.41, 5.74) is 0.777. The van der Waals surface area contributed by atoms with Crippen molar-refractivity contribution in [3.05, 3.63) is 59.4 Å². The molecular formula is C17H16N2O3S2. The number of thioether (sulfide) groups is 2. The Kier molecular flexibility index (Phi) is 5.66. The molecule has 0 saturated heterocycles. The Hall–Kier alpha value is -2.12. The van der Waals surface area contributed by atoms with Crippen LogP contribution in [0.4, 0.5) is 5.69 Å². The van der Waals surface area contributed by atoms with Crippen molar-refractivity contribution in [2.24, 2.45) is 0 Å². The highest BCUT2D eigenvalue weighted by Gasteiger charge is 2.21. The van der Waals surface area contributed by atoms with E-state index in [4.69, 9.17) is 4.42 Å². The second-order valence-corrected chi connectivity index (χ2v) is 7.17. The second kappa shape index (κ2) is 8.12. The Balaban J connectivity index is 1.45. The summed E-state index contributed by atoms with van der Waals surface area (Å²) >= 11 is 2.98. The molecule has 0 fully saturated rings. The van der Waals surface area contributed by atoms with Gasteiger partial charge in [0.1, 0.15) is 5.76 Å². The summed E-state index contributed by atoms with van der Waals surface area (Å²) < 4.78 is 5.24. The largest absolute Gasteiger partial charge is 0.468 e. The molecule has 2 N–H and O–H groups in total. The topological polar surface area (TPSA) is 71.3 Å². The third kappa shape index (κ3) is 4.46. The molecule has 2 heterocycles. The molecule has 1 aromatic carbocycles. The first kappa shape index (κ1) is 16.7. The number of anilines is 1. The first-order valence-electron chi connectivity index (χ1n) is 7.40. The SMILES string of the molecule is O=C(/C=C1/Sc2ccccc2NC1=O)NCCSCc1ccco1. The molecule has 5 nitrogen and oxygen atoms in total. The summed E-state index contributed by atoms with van der Waals surface area (Å²) in [4.78, 5) is 25.3. The number of hydrogen-bond acceptors (Lipinski definition) is 5. The van der Waals surface area contributed by atoms with Crippen LogP contribution in [-0.2, 0) is 15.3 Å². The summed E-state index contributed by atoms with van der Waals surface area (Å²) in [6.07, 6.45) is 3.00. The van der Waals surface area contributed by atoms with Gasteiger partial charge in [-0.3, -0.25) is 9.59 Å². The van der Waals surface area contributed by atoms with E-state index in [1.165, 1.54) is 17.8 Å². The average molecular weight is 360 g/mol. The van der Waals surface area contributed by atoms with Crippen molar-refractivity contribution >= 4 is 41.0 Å². The molecule has 0 bridgehead atoms. The molecule has 0 atom stereocenters. The summed E-state index contributed by atoms with van der Waals surface area (Å²) in [7, 11) is 0. The number of benzene rings is 1. The highest BCUT2D eigenvalue weighted by Crippen LogP contribution is 2.37. The second-order valence-electron chi connectivity index (χ2n) is 4.98. The van der Waals surface area contributed by atoms with Crippen molar-refractivity contribution in [1.29, 1.82) is 0 Å². The van der Waals surface area contributed by atoms with Gasteiger partial charge < -0.3 is 15.1 Å². The van der Waals surface area contributed by atoms with E-state index >= 15 is 0 Å². The molecule has 7 heteroatoms. The molecule has 0 aliphatic carbocycles. The van der Waals surface area contributed by atoms with E-state index in [2.05, 4.69) is 10.6 Å². The van der Waals surface area contributed by atoms with Crippen LogP contribution in [0.2, 0.25) is 0 Å². The van der Waals surface area contributed by atoms with Gasteiger partial charge in [-0.05, 0) is 24.3 Å². The smallest absolute Gasteiger partial charge is 0.262 e. The Bertz CT molecular complexity index is 757. The van der Waals surface area contributed by atoms with Gasteiger partial charge in [0.25, 0.3) is 5.91 Å². The lowest BCUT2D eigenvalue weighted by molar-refractivity contribution is -0.117. The molecule has 2 amide bonds. The first-order valence-corrected chi connectivity index (χ1v) is 9.37. The first-order chi connectivity index (χ1) is 11.7. The quantitative estimate of drug-likeness (QED) is 0.611. The van der Waals surface area contributed by atoms with Gasteiger partial charge in [-0.25, -0.2) is 0 Å². The van der Waals surface area contributed by atoms with Crippen LogP contribution in [0.1, 0.15) is 5.76 Å². The van der Waals surface area contributed by atoms with E-state index in [1.807, 2.05) is 36.4 Å². The van der Waals surface area contributed by atoms with Crippen LogP contribution in [0.5, 0.6) is 0 Å². The fourth-order valence-corrected chi connectivity index (χ4v) is 3.77. The molecule has 24 heavy (non-hydrogen) atoms. The Morgan fingerprint density at radius 3 is 3.00 bits per heavy atom. The molecule has 2 aromatic rings. The van der Waals surface area contributed by atoms with Crippen molar-refractivity contribution in [3.63, 3.8) is 0 Å². The van der Waals surface area contributed by atoms with Gasteiger partial charge in [0.2, 0.25) is 5.91 Å².